The highest BCUT2D eigenvalue weighted by molar-refractivity contribution is 7.75. The molecule has 0 fully saturated rings. The number of aromatic carboxylic acids is 1. The molecule has 0 aliphatic carbocycles. The van der Waals surface area contributed by atoms with E-state index in [1.54, 1.807) is 30.6 Å². The predicted molar refractivity (Wildman–Crippen MR) is 113 cm³/mol. The van der Waals surface area contributed by atoms with Gasteiger partial charge < -0.3 is 15.0 Å². The zero-order valence-electron chi connectivity index (χ0n) is 17.3. The summed E-state index contributed by atoms with van der Waals surface area (Å²) in [6.45, 7) is 9.39. The van der Waals surface area contributed by atoms with Gasteiger partial charge in [0.2, 0.25) is 0 Å². The lowest BCUT2D eigenvalue weighted by Gasteiger charge is -2.26. The fourth-order valence-corrected chi connectivity index (χ4v) is 7.62. The van der Waals surface area contributed by atoms with E-state index < -0.39 is 13.2 Å². The number of carboxylic acid groups (broad SMARTS) is 1. The van der Waals surface area contributed by atoms with Crippen LogP contribution in [0.15, 0.2) is 24.3 Å². The molecular formula is C22H39O3P. The summed E-state index contributed by atoms with van der Waals surface area (Å²) in [5, 5.41) is 18.8. The molecule has 0 heterocycles. The van der Waals surface area contributed by atoms with Crippen LogP contribution in [0.25, 0.3) is 0 Å². The highest BCUT2D eigenvalue weighted by Gasteiger charge is 2.32. The van der Waals surface area contributed by atoms with E-state index in [9.17, 15) is 9.90 Å². The van der Waals surface area contributed by atoms with Crippen molar-refractivity contribution in [2.75, 3.05) is 24.6 Å². The van der Waals surface area contributed by atoms with E-state index >= 15 is 0 Å². The molecule has 0 aliphatic rings. The molecule has 4 heteroatoms. The van der Waals surface area contributed by atoms with Crippen molar-refractivity contribution in [3.05, 3.63) is 35.4 Å². The summed E-state index contributed by atoms with van der Waals surface area (Å²) in [4.78, 5) is 10.2. The summed E-state index contributed by atoms with van der Waals surface area (Å²) in [5.41, 5.74) is 0.817. The van der Waals surface area contributed by atoms with Gasteiger partial charge in [0.15, 0.2) is 0 Å². The van der Waals surface area contributed by atoms with Gasteiger partial charge in [-0.3, -0.25) is 0 Å². The number of unbranched alkanes of at least 4 members (excludes halogenated alkanes) is 3. The Bertz CT molecular complexity index is 449. The zero-order chi connectivity index (χ0) is 19.8. The van der Waals surface area contributed by atoms with Crippen LogP contribution in [0.2, 0.25) is 0 Å². The van der Waals surface area contributed by atoms with Crippen molar-refractivity contribution in [1.82, 2.24) is 0 Å². The van der Waals surface area contributed by atoms with E-state index in [4.69, 9.17) is 5.11 Å². The second-order valence-electron chi connectivity index (χ2n) is 7.03. The molecule has 0 spiro atoms. The van der Waals surface area contributed by atoms with Crippen LogP contribution in [-0.4, -0.2) is 35.7 Å². The molecule has 0 aromatic heterocycles. The van der Waals surface area contributed by atoms with E-state index in [1.165, 1.54) is 56.8 Å². The Morgan fingerprint density at radius 3 is 1.58 bits per heavy atom. The fourth-order valence-electron chi connectivity index (χ4n) is 3.04. The Balaban J connectivity index is 0.000000502. The highest BCUT2D eigenvalue weighted by Crippen LogP contribution is 2.60. The lowest BCUT2D eigenvalue weighted by atomic mass is 10.1. The summed E-state index contributed by atoms with van der Waals surface area (Å²) in [6.07, 6.45) is 14.9. The molecule has 1 rings (SSSR count). The van der Waals surface area contributed by atoms with Crippen LogP contribution in [0.4, 0.5) is 0 Å². The van der Waals surface area contributed by atoms with E-state index in [1.807, 2.05) is 0 Å². The van der Waals surface area contributed by atoms with Gasteiger partial charge in [-0.15, -0.1) is 0 Å². The number of carbonyl (C=O) groups is 1. The average molecular weight is 383 g/mol. The largest absolute Gasteiger partial charge is 0.545 e. The number of rotatable bonds is 12. The van der Waals surface area contributed by atoms with E-state index in [2.05, 4.69) is 27.7 Å². The summed E-state index contributed by atoms with van der Waals surface area (Å²) in [7, 11) is -0.527. The van der Waals surface area contributed by atoms with Crippen LogP contribution in [0.5, 0.6) is 0 Å². The highest BCUT2D eigenvalue weighted by atomic mass is 31.2. The van der Waals surface area contributed by atoms with Gasteiger partial charge in [0.25, 0.3) is 0 Å². The van der Waals surface area contributed by atoms with Gasteiger partial charge in [0, 0.05) is 7.26 Å². The molecule has 1 aromatic carbocycles. The van der Waals surface area contributed by atoms with Gasteiger partial charge in [-0.1, -0.05) is 64.3 Å². The summed E-state index contributed by atoms with van der Waals surface area (Å²) in [6, 6.07) is 5.90. The van der Waals surface area contributed by atoms with Crippen molar-refractivity contribution >= 4 is 13.2 Å². The molecule has 0 radical (unpaired) electrons. The molecule has 1 aromatic rings. The van der Waals surface area contributed by atoms with Gasteiger partial charge in [-0.05, 0) is 37.3 Å². The topological polar surface area (TPSA) is 60.4 Å². The SMILES string of the molecule is CCCC[P+](CC)(CCCC)CCCC.O=C([O-])c1ccc(CO)cc1. The number of carboxylic acids is 1. The lowest BCUT2D eigenvalue weighted by molar-refractivity contribution is -0.255. The summed E-state index contributed by atoms with van der Waals surface area (Å²) >= 11 is 0. The molecule has 3 nitrogen and oxygen atoms in total. The first kappa shape index (κ1) is 25.1. The molecule has 26 heavy (non-hydrogen) atoms. The van der Waals surface area contributed by atoms with E-state index in [0.717, 1.165) is 0 Å². The average Bonchev–Trinajstić information content (AvgIpc) is 2.68. The number of aliphatic hydroxyl groups is 1. The molecule has 1 N–H and O–H groups in total. The van der Waals surface area contributed by atoms with Crippen molar-refractivity contribution in [2.24, 2.45) is 0 Å². The Morgan fingerprint density at radius 2 is 1.31 bits per heavy atom. The van der Waals surface area contributed by atoms with Crippen molar-refractivity contribution in [3.63, 3.8) is 0 Å². The van der Waals surface area contributed by atoms with Gasteiger partial charge >= 0.3 is 0 Å². The molecule has 0 bridgehead atoms. The summed E-state index contributed by atoms with van der Waals surface area (Å²) in [5.74, 6) is -1.20. The second-order valence-corrected chi connectivity index (χ2v) is 11.7. The first-order valence-electron chi connectivity index (χ1n) is 10.2. The molecule has 150 valence electrons. The minimum atomic E-state index is -1.20. The molecule has 0 saturated heterocycles. The minimum Gasteiger partial charge on any atom is -0.545 e. The van der Waals surface area contributed by atoms with Crippen LogP contribution in [0.1, 0.15) is 82.1 Å². The second kappa shape index (κ2) is 15.2. The number of carbonyl (C=O) groups excluding carboxylic acids is 1. The van der Waals surface area contributed by atoms with E-state index in [0.29, 0.717) is 5.56 Å². The summed E-state index contributed by atoms with van der Waals surface area (Å²) < 4.78 is 0. The third-order valence-electron chi connectivity index (χ3n) is 5.00. The quantitative estimate of drug-likeness (QED) is 0.519. The Hall–Kier alpha value is -0.920. The molecule has 0 aliphatic heterocycles. The zero-order valence-corrected chi connectivity index (χ0v) is 18.2. The maximum Gasteiger partial charge on any atom is 0.0715 e. The van der Waals surface area contributed by atoms with Crippen LogP contribution >= 0.6 is 7.26 Å². The normalized spacial score (nSPS) is 11.0. The molecule has 0 saturated carbocycles. The maximum absolute atomic E-state index is 10.2. The van der Waals surface area contributed by atoms with Crippen molar-refractivity contribution < 1.29 is 15.0 Å². The Labute approximate surface area is 161 Å². The fraction of sp³-hybridized carbons (Fsp3) is 0.682. The van der Waals surface area contributed by atoms with Crippen molar-refractivity contribution in [3.8, 4) is 0 Å². The van der Waals surface area contributed by atoms with Crippen LogP contribution in [0.3, 0.4) is 0 Å². The van der Waals surface area contributed by atoms with Crippen molar-refractivity contribution in [1.29, 1.82) is 0 Å². The molecule has 0 atom stereocenters. The third kappa shape index (κ3) is 10.3. The first-order chi connectivity index (χ1) is 12.5. The predicted octanol–water partition coefficient (Wildman–Crippen LogP) is 4.97. The van der Waals surface area contributed by atoms with Crippen LogP contribution in [-0.2, 0) is 6.61 Å². The number of hydrogen-bond acceptors (Lipinski definition) is 3. The van der Waals surface area contributed by atoms with Crippen molar-refractivity contribution in [2.45, 2.75) is 72.8 Å². The number of benzene rings is 1. The first-order valence-corrected chi connectivity index (χ1v) is 12.8. The third-order valence-corrected chi connectivity index (χ3v) is 10.1. The standard InChI is InChI=1S/C14H32P.C8H8O3/c1-5-9-12-15(8-4,13-10-6-2)14-11-7-3;9-5-6-1-3-7(4-2-6)8(10)11/h5-14H2,1-4H3;1-4,9H,5H2,(H,10,11)/q+1;/p-1. The number of hydrogen-bond donors (Lipinski definition) is 1. The van der Waals surface area contributed by atoms with Gasteiger partial charge in [0.05, 0.1) is 37.2 Å². The lowest BCUT2D eigenvalue weighted by Crippen LogP contribution is -2.21. The van der Waals surface area contributed by atoms with Gasteiger partial charge in [-0.25, -0.2) is 0 Å². The Kier molecular flexibility index (Phi) is 14.6. The van der Waals surface area contributed by atoms with Gasteiger partial charge in [-0.2, -0.15) is 0 Å². The minimum absolute atomic E-state index is 0.0761. The molecule has 0 amide bonds. The maximum atomic E-state index is 10.2. The Morgan fingerprint density at radius 1 is 0.885 bits per heavy atom. The number of aliphatic hydroxyl groups excluding tert-OH is 1. The smallest absolute Gasteiger partial charge is 0.0715 e. The van der Waals surface area contributed by atoms with Gasteiger partial charge in [0.1, 0.15) is 0 Å². The molecular weight excluding hydrogens is 343 g/mol. The van der Waals surface area contributed by atoms with Crippen LogP contribution in [0, 0.1) is 0 Å². The van der Waals surface area contributed by atoms with Crippen LogP contribution < -0.4 is 5.11 Å². The molecule has 0 unspecified atom stereocenters. The monoisotopic (exact) mass is 382 g/mol. The van der Waals surface area contributed by atoms with E-state index in [-0.39, 0.29) is 12.2 Å².